The Morgan fingerprint density at radius 3 is 2.76 bits per heavy atom. The fraction of sp³-hybridized carbons (Fsp3) is 0. The molecule has 7 heteroatoms. The molecular formula is C18H13FN4OS. The third-order valence-corrected chi connectivity index (χ3v) is 4.62. The van der Waals surface area contributed by atoms with Crippen molar-refractivity contribution in [2.45, 2.75) is 0 Å². The standard InChI is InChI=1S/C18H13FN4OS/c19-11-1-3-12(4-2-11)22-18(24)16-15(7-10-25-16)23-14-6-9-21-17-13(14)5-8-20-17/h1-10H,(H,22,24)(H2,20,21,23). The van der Waals surface area contributed by atoms with Crippen molar-refractivity contribution >= 4 is 45.3 Å². The van der Waals surface area contributed by atoms with Crippen molar-refractivity contribution in [3.8, 4) is 0 Å². The van der Waals surface area contributed by atoms with E-state index in [-0.39, 0.29) is 11.7 Å². The number of halogens is 1. The van der Waals surface area contributed by atoms with E-state index in [9.17, 15) is 9.18 Å². The van der Waals surface area contributed by atoms with E-state index < -0.39 is 0 Å². The Bertz CT molecular complexity index is 1040. The first-order chi connectivity index (χ1) is 12.2. The van der Waals surface area contributed by atoms with E-state index in [4.69, 9.17) is 0 Å². The van der Waals surface area contributed by atoms with Gasteiger partial charge in [-0.2, -0.15) is 0 Å². The number of rotatable bonds is 4. The zero-order chi connectivity index (χ0) is 17.2. The van der Waals surface area contributed by atoms with Crippen LogP contribution in [-0.2, 0) is 0 Å². The Hall–Kier alpha value is -3.19. The second-order valence-corrected chi connectivity index (χ2v) is 6.26. The summed E-state index contributed by atoms with van der Waals surface area (Å²) in [4.78, 5) is 20.4. The summed E-state index contributed by atoms with van der Waals surface area (Å²) in [7, 11) is 0. The number of thiophene rings is 1. The summed E-state index contributed by atoms with van der Waals surface area (Å²) in [6, 6.07) is 11.3. The van der Waals surface area contributed by atoms with Gasteiger partial charge in [-0.1, -0.05) is 0 Å². The van der Waals surface area contributed by atoms with E-state index in [2.05, 4.69) is 20.6 Å². The molecule has 3 aromatic heterocycles. The second-order valence-electron chi connectivity index (χ2n) is 5.35. The normalized spacial score (nSPS) is 10.8. The van der Waals surface area contributed by atoms with Crippen molar-refractivity contribution in [3.05, 3.63) is 70.9 Å². The fourth-order valence-corrected chi connectivity index (χ4v) is 3.26. The van der Waals surface area contributed by atoms with Crippen molar-refractivity contribution < 1.29 is 9.18 Å². The van der Waals surface area contributed by atoms with Crippen LogP contribution >= 0.6 is 11.3 Å². The van der Waals surface area contributed by atoms with Crippen LogP contribution in [0.3, 0.4) is 0 Å². The number of nitrogens with one attached hydrogen (secondary N) is 3. The van der Waals surface area contributed by atoms with E-state index in [1.54, 1.807) is 6.20 Å². The number of hydrogen-bond donors (Lipinski definition) is 3. The van der Waals surface area contributed by atoms with Gasteiger partial charge in [0, 0.05) is 23.5 Å². The van der Waals surface area contributed by atoms with Gasteiger partial charge in [-0.05, 0) is 47.8 Å². The molecule has 0 spiro atoms. The predicted octanol–water partition coefficient (Wildman–Crippen LogP) is 4.76. The summed E-state index contributed by atoms with van der Waals surface area (Å²) in [5.74, 6) is -0.590. The Morgan fingerprint density at radius 2 is 1.92 bits per heavy atom. The molecule has 0 saturated carbocycles. The van der Waals surface area contributed by atoms with Gasteiger partial charge in [-0.25, -0.2) is 9.37 Å². The van der Waals surface area contributed by atoms with Crippen LogP contribution in [0.15, 0.2) is 60.2 Å². The Balaban J connectivity index is 1.59. The van der Waals surface area contributed by atoms with Gasteiger partial charge >= 0.3 is 0 Å². The first kappa shape index (κ1) is 15.3. The summed E-state index contributed by atoms with van der Waals surface area (Å²) in [5.41, 5.74) is 2.89. The molecule has 0 aliphatic rings. The van der Waals surface area contributed by atoms with Crippen molar-refractivity contribution in [1.82, 2.24) is 9.97 Å². The molecule has 0 aliphatic carbocycles. The van der Waals surface area contributed by atoms with Gasteiger partial charge in [0.05, 0.1) is 11.4 Å². The first-order valence-corrected chi connectivity index (χ1v) is 8.42. The molecular weight excluding hydrogens is 339 g/mol. The minimum absolute atomic E-state index is 0.247. The molecule has 0 saturated heterocycles. The van der Waals surface area contributed by atoms with Crippen molar-refractivity contribution in [1.29, 1.82) is 0 Å². The average Bonchev–Trinajstić information content (AvgIpc) is 3.26. The lowest BCUT2D eigenvalue weighted by atomic mass is 10.2. The summed E-state index contributed by atoms with van der Waals surface area (Å²) in [6.07, 6.45) is 3.52. The highest BCUT2D eigenvalue weighted by atomic mass is 32.1. The number of aromatic nitrogens is 2. The Kier molecular flexibility index (Phi) is 3.91. The average molecular weight is 352 g/mol. The van der Waals surface area contributed by atoms with Crippen LogP contribution in [0.2, 0.25) is 0 Å². The van der Waals surface area contributed by atoms with E-state index in [0.29, 0.717) is 16.3 Å². The summed E-state index contributed by atoms with van der Waals surface area (Å²) < 4.78 is 13.0. The highest BCUT2D eigenvalue weighted by molar-refractivity contribution is 7.12. The van der Waals surface area contributed by atoms with E-state index in [1.165, 1.54) is 35.6 Å². The number of anilines is 3. The number of carbonyl (C=O) groups is 1. The molecule has 5 nitrogen and oxygen atoms in total. The van der Waals surface area contributed by atoms with Crippen LogP contribution in [0.5, 0.6) is 0 Å². The number of fused-ring (bicyclic) bond motifs is 1. The molecule has 1 aromatic carbocycles. The lowest BCUT2D eigenvalue weighted by Gasteiger charge is -2.09. The molecule has 124 valence electrons. The molecule has 25 heavy (non-hydrogen) atoms. The number of nitrogens with zero attached hydrogens (tertiary/aromatic N) is 1. The monoisotopic (exact) mass is 352 g/mol. The van der Waals surface area contributed by atoms with Gasteiger partial charge in [-0.15, -0.1) is 11.3 Å². The molecule has 4 rings (SSSR count). The van der Waals surface area contributed by atoms with Gasteiger partial charge in [0.2, 0.25) is 0 Å². The van der Waals surface area contributed by atoms with Crippen molar-refractivity contribution in [2.75, 3.05) is 10.6 Å². The van der Waals surface area contributed by atoms with Crippen molar-refractivity contribution in [3.63, 3.8) is 0 Å². The third kappa shape index (κ3) is 3.09. The molecule has 0 fully saturated rings. The Labute approximate surface area is 146 Å². The van der Waals surface area contributed by atoms with Crippen LogP contribution in [-0.4, -0.2) is 15.9 Å². The zero-order valence-electron chi connectivity index (χ0n) is 12.9. The third-order valence-electron chi connectivity index (χ3n) is 3.70. The smallest absolute Gasteiger partial charge is 0.267 e. The molecule has 4 aromatic rings. The number of H-pyrrole nitrogens is 1. The molecule has 0 bridgehead atoms. The number of pyridine rings is 1. The molecule has 0 radical (unpaired) electrons. The minimum atomic E-state index is -0.343. The van der Waals surface area contributed by atoms with Crippen LogP contribution in [0, 0.1) is 5.82 Å². The molecule has 3 heterocycles. The maximum absolute atomic E-state index is 13.0. The van der Waals surface area contributed by atoms with E-state index in [1.807, 2.05) is 29.8 Å². The van der Waals surface area contributed by atoms with Crippen LogP contribution in [0.4, 0.5) is 21.5 Å². The number of hydrogen-bond acceptors (Lipinski definition) is 4. The van der Waals surface area contributed by atoms with Gasteiger partial charge < -0.3 is 15.6 Å². The maximum Gasteiger partial charge on any atom is 0.267 e. The SMILES string of the molecule is O=C(Nc1ccc(F)cc1)c1sccc1Nc1ccnc2[nH]ccc12. The molecule has 3 N–H and O–H groups in total. The topological polar surface area (TPSA) is 69.8 Å². The van der Waals surface area contributed by atoms with E-state index in [0.717, 1.165) is 16.7 Å². The first-order valence-electron chi connectivity index (χ1n) is 7.54. The second kappa shape index (κ2) is 6.37. The predicted molar refractivity (Wildman–Crippen MR) is 98.0 cm³/mol. The van der Waals surface area contributed by atoms with Crippen LogP contribution in [0.1, 0.15) is 9.67 Å². The molecule has 0 atom stereocenters. The van der Waals surface area contributed by atoms with Gasteiger partial charge in [0.1, 0.15) is 16.3 Å². The van der Waals surface area contributed by atoms with Gasteiger partial charge in [0.25, 0.3) is 5.91 Å². The minimum Gasteiger partial charge on any atom is -0.354 e. The largest absolute Gasteiger partial charge is 0.354 e. The van der Waals surface area contributed by atoms with Crippen LogP contribution < -0.4 is 10.6 Å². The fourth-order valence-electron chi connectivity index (χ4n) is 2.52. The Morgan fingerprint density at radius 1 is 1.08 bits per heavy atom. The molecule has 0 aliphatic heterocycles. The van der Waals surface area contributed by atoms with Crippen molar-refractivity contribution in [2.24, 2.45) is 0 Å². The zero-order valence-corrected chi connectivity index (χ0v) is 13.7. The summed E-state index contributed by atoms with van der Waals surface area (Å²) in [5, 5.41) is 8.85. The highest BCUT2D eigenvalue weighted by Gasteiger charge is 2.15. The highest BCUT2D eigenvalue weighted by Crippen LogP contribution is 2.30. The van der Waals surface area contributed by atoms with E-state index >= 15 is 0 Å². The summed E-state index contributed by atoms with van der Waals surface area (Å²) in [6.45, 7) is 0. The molecule has 0 unspecified atom stereocenters. The number of benzene rings is 1. The number of aromatic amines is 1. The van der Waals surface area contributed by atoms with Gasteiger partial charge in [0.15, 0.2) is 0 Å². The number of carbonyl (C=O) groups excluding carboxylic acids is 1. The quantitative estimate of drug-likeness (QED) is 0.496. The summed E-state index contributed by atoms with van der Waals surface area (Å²) >= 11 is 1.33. The lowest BCUT2D eigenvalue weighted by molar-refractivity contribution is 0.103. The number of amides is 1. The maximum atomic E-state index is 13.0. The van der Waals surface area contributed by atoms with Gasteiger partial charge in [-0.3, -0.25) is 4.79 Å². The molecule has 1 amide bonds. The van der Waals surface area contributed by atoms with Crippen LogP contribution in [0.25, 0.3) is 11.0 Å². The lowest BCUT2D eigenvalue weighted by Crippen LogP contribution is -2.11.